The first-order valence-electron chi connectivity index (χ1n) is 11.4. The Labute approximate surface area is 204 Å². The van der Waals surface area contributed by atoms with E-state index in [-0.39, 0.29) is 31.2 Å². The summed E-state index contributed by atoms with van der Waals surface area (Å²) >= 11 is 0. The number of esters is 1. The predicted molar refractivity (Wildman–Crippen MR) is 130 cm³/mol. The predicted octanol–water partition coefficient (Wildman–Crippen LogP) is 3.85. The Balaban J connectivity index is 1.66. The zero-order valence-corrected chi connectivity index (χ0v) is 20.4. The van der Waals surface area contributed by atoms with Crippen LogP contribution in [-0.4, -0.2) is 42.1 Å². The maximum absolute atomic E-state index is 12.7. The number of nitrogens with two attached hydrogens (primary N) is 1. The summed E-state index contributed by atoms with van der Waals surface area (Å²) in [7, 11) is 0. The highest BCUT2D eigenvalue weighted by molar-refractivity contribution is 5.80. The second kappa shape index (κ2) is 11.0. The smallest absolute Gasteiger partial charge is 0.407 e. The fourth-order valence-corrected chi connectivity index (χ4v) is 3.93. The summed E-state index contributed by atoms with van der Waals surface area (Å²) in [5, 5.41) is 5.99. The highest BCUT2D eigenvalue weighted by Crippen LogP contribution is 2.44. The van der Waals surface area contributed by atoms with Crippen molar-refractivity contribution in [1.82, 2.24) is 5.32 Å². The van der Waals surface area contributed by atoms with Crippen LogP contribution in [0, 0.1) is 0 Å². The number of amides is 1. The molecule has 1 aliphatic rings. The molecule has 1 aliphatic carbocycles. The minimum atomic E-state index is -0.915. The number of carbonyl (C=O) groups is 3. The third kappa shape index (κ3) is 7.30. The van der Waals surface area contributed by atoms with Gasteiger partial charge in [0.1, 0.15) is 18.0 Å². The molecule has 0 unspecified atom stereocenters. The lowest BCUT2D eigenvalue weighted by molar-refractivity contribution is -0.155. The first-order valence-corrected chi connectivity index (χ1v) is 11.4. The standard InChI is InChI=1S/C26H31N3O6/c1-16(27)29-35-24(31)14-17(13-23(30)34-26(2,3)4)28-25(32)33-15-22-20-11-7-5-9-18(20)19-10-6-8-12-21(19)22/h5-12,17,22H,13-15H2,1-4H3,(H2,27,29)(H,28,32)/t17-/m0/s1. The van der Waals surface area contributed by atoms with Crippen LogP contribution in [0.1, 0.15) is 57.6 Å². The summed E-state index contributed by atoms with van der Waals surface area (Å²) in [6, 6.07) is 15.1. The summed E-state index contributed by atoms with van der Waals surface area (Å²) in [6.45, 7) is 6.74. The number of nitrogens with one attached hydrogen (secondary N) is 1. The van der Waals surface area contributed by atoms with Crippen molar-refractivity contribution < 1.29 is 28.7 Å². The number of amidine groups is 1. The van der Waals surface area contributed by atoms with E-state index in [0.29, 0.717) is 0 Å². The topological polar surface area (TPSA) is 129 Å². The Morgan fingerprint density at radius 1 is 0.971 bits per heavy atom. The van der Waals surface area contributed by atoms with E-state index in [9.17, 15) is 14.4 Å². The first-order chi connectivity index (χ1) is 16.5. The molecule has 0 saturated heterocycles. The van der Waals surface area contributed by atoms with Crippen molar-refractivity contribution >= 4 is 23.9 Å². The quantitative estimate of drug-likeness (QED) is 0.193. The third-order valence-electron chi connectivity index (χ3n) is 5.20. The van der Waals surface area contributed by atoms with Gasteiger partial charge in [-0.05, 0) is 49.9 Å². The Bertz CT molecular complexity index is 1070. The Morgan fingerprint density at radius 3 is 2.06 bits per heavy atom. The van der Waals surface area contributed by atoms with Crippen molar-refractivity contribution in [2.24, 2.45) is 10.9 Å². The number of benzene rings is 2. The molecule has 9 heteroatoms. The largest absolute Gasteiger partial charge is 0.460 e. The molecule has 35 heavy (non-hydrogen) atoms. The molecule has 0 bridgehead atoms. The summed E-state index contributed by atoms with van der Waals surface area (Å²) in [5.41, 5.74) is 9.03. The van der Waals surface area contributed by atoms with Crippen LogP contribution in [0.3, 0.4) is 0 Å². The van der Waals surface area contributed by atoms with E-state index in [0.717, 1.165) is 22.3 Å². The monoisotopic (exact) mass is 481 g/mol. The molecule has 0 aliphatic heterocycles. The van der Waals surface area contributed by atoms with Gasteiger partial charge in [0.25, 0.3) is 0 Å². The van der Waals surface area contributed by atoms with Crippen molar-refractivity contribution in [2.75, 3.05) is 6.61 Å². The highest BCUT2D eigenvalue weighted by atomic mass is 16.7. The second-order valence-electron chi connectivity index (χ2n) is 9.36. The molecule has 9 nitrogen and oxygen atoms in total. The Morgan fingerprint density at radius 2 is 1.51 bits per heavy atom. The highest BCUT2D eigenvalue weighted by Gasteiger charge is 2.30. The van der Waals surface area contributed by atoms with Gasteiger partial charge in [-0.1, -0.05) is 53.7 Å². The van der Waals surface area contributed by atoms with E-state index >= 15 is 0 Å². The van der Waals surface area contributed by atoms with Crippen LogP contribution in [-0.2, 0) is 23.9 Å². The summed E-state index contributed by atoms with van der Waals surface area (Å²) < 4.78 is 10.8. The van der Waals surface area contributed by atoms with Crippen LogP contribution in [0.25, 0.3) is 11.1 Å². The minimum Gasteiger partial charge on any atom is -0.460 e. The van der Waals surface area contributed by atoms with Gasteiger partial charge in [0, 0.05) is 5.92 Å². The number of nitrogens with zero attached hydrogens (tertiary/aromatic N) is 1. The molecule has 1 amide bonds. The number of hydrogen-bond acceptors (Lipinski definition) is 7. The van der Waals surface area contributed by atoms with Gasteiger partial charge in [0.15, 0.2) is 0 Å². The van der Waals surface area contributed by atoms with Crippen molar-refractivity contribution in [2.45, 2.75) is 58.1 Å². The van der Waals surface area contributed by atoms with Crippen molar-refractivity contribution in [3.05, 3.63) is 59.7 Å². The first kappa shape index (κ1) is 25.7. The zero-order chi connectivity index (χ0) is 25.6. The lowest BCUT2D eigenvalue weighted by atomic mass is 9.98. The summed E-state index contributed by atoms with van der Waals surface area (Å²) in [5.74, 6) is -1.40. The van der Waals surface area contributed by atoms with Crippen LogP contribution in [0.2, 0.25) is 0 Å². The minimum absolute atomic E-state index is 0.0616. The van der Waals surface area contributed by atoms with Gasteiger partial charge in [0.2, 0.25) is 0 Å². The molecule has 0 aromatic heterocycles. The molecule has 0 heterocycles. The van der Waals surface area contributed by atoms with Crippen LogP contribution in [0.4, 0.5) is 4.79 Å². The zero-order valence-electron chi connectivity index (χ0n) is 20.4. The SMILES string of the molecule is C/C(N)=N\OC(=O)C[C@H](CC(=O)OC(C)(C)C)NC(=O)OCC1c2ccccc2-c2ccccc21. The van der Waals surface area contributed by atoms with Gasteiger partial charge in [-0.15, -0.1) is 0 Å². The number of oxime groups is 1. The molecule has 1 atom stereocenters. The maximum atomic E-state index is 12.7. The van der Waals surface area contributed by atoms with Crippen molar-refractivity contribution in [3.63, 3.8) is 0 Å². The van der Waals surface area contributed by atoms with Crippen molar-refractivity contribution in [1.29, 1.82) is 0 Å². The van der Waals surface area contributed by atoms with Crippen molar-refractivity contribution in [3.8, 4) is 11.1 Å². The van der Waals surface area contributed by atoms with Gasteiger partial charge in [-0.3, -0.25) is 4.79 Å². The fraction of sp³-hybridized carbons (Fsp3) is 0.385. The molecule has 3 rings (SSSR count). The molecule has 0 saturated carbocycles. The van der Waals surface area contributed by atoms with Gasteiger partial charge in [-0.2, -0.15) is 0 Å². The molecule has 0 fully saturated rings. The van der Waals surface area contributed by atoms with Gasteiger partial charge >= 0.3 is 18.0 Å². The third-order valence-corrected chi connectivity index (χ3v) is 5.20. The molecule has 186 valence electrons. The van der Waals surface area contributed by atoms with Crippen LogP contribution in [0.15, 0.2) is 53.7 Å². The average molecular weight is 482 g/mol. The van der Waals surface area contributed by atoms with Crippen LogP contribution < -0.4 is 11.1 Å². The lowest BCUT2D eigenvalue weighted by Gasteiger charge is -2.22. The number of hydrogen-bond donors (Lipinski definition) is 2. The number of rotatable bonds is 8. The second-order valence-corrected chi connectivity index (χ2v) is 9.36. The summed E-state index contributed by atoms with van der Waals surface area (Å²) in [4.78, 5) is 41.8. The van der Waals surface area contributed by atoms with E-state index < -0.39 is 29.7 Å². The van der Waals surface area contributed by atoms with Gasteiger partial charge in [-0.25, -0.2) is 9.59 Å². The number of fused-ring (bicyclic) bond motifs is 3. The molecule has 2 aromatic rings. The maximum Gasteiger partial charge on any atom is 0.407 e. The number of ether oxygens (including phenoxy) is 2. The molecule has 0 radical (unpaired) electrons. The van der Waals surface area contributed by atoms with E-state index in [4.69, 9.17) is 20.0 Å². The normalized spacial score (nSPS) is 13.9. The van der Waals surface area contributed by atoms with E-state index in [1.54, 1.807) is 20.8 Å². The lowest BCUT2D eigenvalue weighted by Crippen LogP contribution is -2.40. The Kier molecular flexibility index (Phi) is 8.11. The summed E-state index contributed by atoms with van der Waals surface area (Å²) in [6.07, 6.45) is -1.33. The van der Waals surface area contributed by atoms with Crippen LogP contribution in [0.5, 0.6) is 0 Å². The number of carbonyl (C=O) groups excluding carboxylic acids is 3. The average Bonchev–Trinajstić information content (AvgIpc) is 3.08. The molecule has 3 N–H and O–H groups in total. The van der Waals surface area contributed by atoms with Gasteiger partial charge < -0.3 is 25.4 Å². The van der Waals surface area contributed by atoms with Crippen LogP contribution >= 0.6 is 0 Å². The molecule has 2 aromatic carbocycles. The molecule has 0 spiro atoms. The molecular weight excluding hydrogens is 450 g/mol. The van der Waals surface area contributed by atoms with Gasteiger partial charge in [0.05, 0.1) is 18.9 Å². The number of alkyl carbamates (subject to hydrolysis) is 1. The Hall–Kier alpha value is -3.88. The fourth-order valence-electron chi connectivity index (χ4n) is 3.93. The van der Waals surface area contributed by atoms with E-state index in [1.807, 2.05) is 48.5 Å². The van der Waals surface area contributed by atoms with E-state index in [2.05, 4.69) is 10.5 Å². The molecular formula is C26H31N3O6. The van der Waals surface area contributed by atoms with E-state index in [1.165, 1.54) is 6.92 Å².